The number of hydrogen-bond donors (Lipinski definition) is 1. The van der Waals surface area contributed by atoms with Crippen LogP contribution in [0.1, 0.15) is 18.9 Å². The van der Waals surface area contributed by atoms with Gasteiger partial charge in [-0.15, -0.1) is 0 Å². The lowest BCUT2D eigenvalue weighted by molar-refractivity contribution is 0.332. The number of nitrogens with zero attached hydrogens (tertiary/aromatic N) is 2. The van der Waals surface area contributed by atoms with E-state index in [2.05, 4.69) is 10.3 Å². The van der Waals surface area contributed by atoms with Gasteiger partial charge in [0.05, 0.1) is 18.1 Å². The lowest BCUT2D eigenvalue weighted by atomic mass is 10.2. The fourth-order valence-electron chi connectivity index (χ4n) is 3.07. The third kappa shape index (κ3) is 5.40. The summed E-state index contributed by atoms with van der Waals surface area (Å²) in [5, 5.41) is 3.73. The number of hydrogen-bond acceptors (Lipinski definition) is 5. The standard InChI is InChI=1S/C19H23N3O3S2/c1-2-25-18-7-5-16(6-8-18)21-19(26)22(13-15-4-3-10-20-12-15)17-9-11-27(23,24)14-17/h3-8,10,12,17H,2,9,11,13-14H2,1H3,(H,21,26)/t17-/m0/s1. The van der Waals surface area contributed by atoms with E-state index < -0.39 is 9.84 Å². The van der Waals surface area contributed by atoms with E-state index in [-0.39, 0.29) is 17.5 Å². The molecule has 3 rings (SSSR count). The molecule has 0 aliphatic carbocycles. The molecule has 1 aliphatic heterocycles. The number of anilines is 1. The molecule has 2 heterocycles. The third-order valence-electron chi connectivity index (χ3n) is 4.40. The second-order valence-corrected chi connectivity index (χ2v) is 9.05. The Labute approximate surface area is 165 Å². The summed E-state index contributed by atoms with van der Waals surface area (Å²) in [4.78, 5) is 6.09. The summed E-state index contributed by atoms with van der Waals surface area (Å²) in [6.45, 7) is 3.06. The minimum atomic E-state index is -3.01. The number of ether oxygens (including phenoxy) is 1. The molecule has 0 amide bonds. The summed E-state index contributed by atoms with van der Waals surface area (Å²) in [7, 11) is -3.01. The summed E-state index contributed by atoms with van der Waals surface area (Å²) in [5.74, 6) is 1.12. The fourth-order valence-corrected chi connectivity index (χ4v) is 5.13. The van der Waals surface area contributed by atoms with Crippen LogP contribution in [0.2, 0.25) is 0 Å². The van der Waals surface area contributed by atoms with Gasteiger partial charge < -0.3 is 15.0 Å². The molecule has 6 nitrogen and oxygen atoms in total. The highest BCUT2D eigenvalue weighted by atomic mass is 32.2. The average Bonchev–Trinajstić information content (AvgIpc) is 3.02. The molecule has 0 radical (unpaired) electrons. The Morgan fingerprint density at radius 2 is 2.11 bits per heavy atom. The third-order valence-corrected chi connectivity index (χ3v) is 6.49. The number of nitrogens with one attached hydrogen (secondary N) is 1. The van der Waals surface area contributed by atoms with Crippen molar-refractivity contribution >= 4 is 32.9 Å². The lowest BCUT2D eigenvalue weighted by Crippen LogP contribution is -2.43. The van der Waals surface area contributed by atoms with E-state index >= 15 is 0 Å². The first-order valence-corrected chi connectivity index (χ1v) is 11.1. The molecule has 0 saturated carbocycles. The van der Waals surface area contributed by atoms with Crippen LogP contribution in [0.25, 0.3) is 0 Å². The maximum atomic E-state index is 12.0. The fraction of sp³-hybridized carbons (Fsp3) is 0.368. The van der Waals surface area contributed by atoms with E-state index in [9.17, 15) is 8.42 Å². The first-order chi connectivity index (χ1) is 13.0. The monoisotopic (exact) mass is 405 g/mol. The highest BCUT2D eigenvalue weighted by Crippen LogP contribution is 2.22. The van der Waals surface area contributed by atoms with Crippen LogP contribution in [0.4, 0.5) is 5.69 Å². The maximum Gasteiger partial charge on any atom is 0.174 e. The Hall–Kier alpha value is -2.19. The van der Waals surface area contributed by atoms with E-state index in [1.807, 2.05) is 48.2 Å². The largest absolute Gasteiger partial charge is 0.494 e. The van der Waals surface area contributed by atoms with Crippen molar-refractivity contribution in [1.29, 1.82) is 0 Å². The number of thiocarbonyl (C=S) groups is 1. The van der Waals surface area contributed by atoms with Crippen LogP contribution < -0.4 is 10.1 Å². The van der Waals surface area contributed by atoms with E-state index in [0.717, 1.165) is 17.0 Å². The molecule has 1 aliphatic rings. The van der Waals surface area contributed by atoms with Gasteiger partial charge >= 0.3 is 0 Å². The zero-order chi connectivity index (χ0) is 19.3. The zero-order valence-corrected chi connectivity index (χ0v) is 16.8. The Bertz CT molecular complexity index is 871. The van der Waals surface area contributed by atoms with Gasteiger partial charge in [-0.05, 0) is 61.5 Å². The van der Waals surface area contributed by atoms with Crippen molar-refractivity contribution in [2.45, 2.75) is 25.9 Å². The van der Waals surface area contributed by atoms with Gasteiger partial charge in [0.25, 0.3) is 0 Å². The number of rotatable bonds is 6. The second kappa shape index (κ2) is 8.67. The summed E-state index contributed by atoms with van der Waals surface area (Å²) < 4.78 is 29.4. The molecule has 0 unspecified atom stereocenters. The molecule has 0 spiro atoms. The van der Waals surface area contributed by atoms with Gasteiger partial charge in [-0.2, -0.15) is 0 Å². The predicted molar refractivity (Wildman–Crippen MR) is 111 cm³/mol. The summed E-state index contributed by atoms with van der Waals surface area (Å²) in [6.07, 6.45) is 4.06. The molecule has 1 N–H and O–H groups in total. The molecule has 1 aromatic heterocycles. The van der Waals surface area contributed by atoms with Crippen molar-refractivity contribution in [2.75, 3.05) is 23.4 Å². The van der Waals surface area contributed by atoms with Gasteiger partial charge in [0.2, 0.25) is 0 Å². The SMILES string of the molecule is CCOc1ccc(NC(=S)N(Cc2cccnc2)[C@H]2CCS(=O)(=O)C2)cc1. The van der Waals surface area contributed by atoms with Crippen LogP contribution in [0.15, 0.2) is 48.8 Å². The Morgan fingerprint density at radius 1 is 1.33 bits per heavy atom. The van der Waals surface area contributed by atoms with Gasteiger partial charge in [0.15, 0.2) is 14.9 Å². The van der Waals surface area contributed by atoms with Crippen LogP contribution in [-0.4, -0.2) is 47.6 Å². The van der Waals surface area contributed by atoms with Crippen molar-refractivity contribution in [2.24, 2.45) is 0 Å². The summed E-state index contributed by atoms with van der Waals surface area (Å²) in [5.41, 5.74) is 1.82. The first-order valence-electron chi connectivity index (χ1n) is 8.86. The molecule has 27 heavy (non-hydrogen) atoms. The van der Waals surface area contributed by atoms with E-state index in [0.29, 0.717) is 24.7 Å². The Morgan fingerprint density at radius 3 is 2.70 bits per heavy atom. The summed E-state index contributed by atoms with van der Waals surface area (Å²) >= 11 is 5.62. The van der Waals surface area contributed by atoms with Crippen molar-refractivity contribution in [3.63, 3.8) is 0 Å². The van der Waals surface area contributed by atoms with Crippen molar-refractivity contribution in [1.82, 2.24) is 9.88 Å². The van der Waals surface area contributed by atoms with Crippen molar-refractivity contribution in [3.05, 3.63) is 54.4 Å². The van der Waals surface area contributed by atoms with Crippen molar-refractivity contribution in [3.8, 4) is 5.75 Å². The van der Waals surface area contributed by atoms with Crippen molar-refractivity contribution < 1.29 is 13.2 Å². The maximum absolute atomic E-state index is 12.0. The lowest BCUT2D eigenvalue weighted by Gasteiger charge is -2.31. The molecule has 0 bridgehead atoms. The molecule has 1 fully saturated rings. The number of aromatic nitrogens is 1. The molecular formula is C19H23N3O3S2. The second-order valence-electron chi connectivity index (χ2n) is 6.43. The molecule has 1 atom stereocenters. The van der Waals surface area contributed by atoms with Gasteiger partial charge in [-0.1, -0.05) is 6.07 Å². The molecule has 2 aromatic rings. The Balaban J connectivity index is 1.75. The van der Waals surface area contributed by atoms with Crippen LogP contribution in [0.3, 0.4) is 0 Å². The number of sulfone groups is 1. The van der Waals surface area contributed by atoms with Gasteiger partial charge in [-0.25, -0.2) is 8.42 Å². The highest BCUT2D eigenvalue weighted by molar-refractivity contribution is 7.91. The van der Waals surface area contributed by atoms with E-state index in [1.54, 1.807) is 12.4 Å². The quantitative estimate of drug-likeness (QED) is 0.741. The van der Waals surface area contributed by atoms with Crippen LogP contribution in [-0.2, 0) is 16.4 Å². The summed E-state index contributed by atoms with van der Waals surface area (Å²) in [6, 6.07) is 11.2. The minimum absolute atomic E-state index is 0.123. The zero-order valence-electron chi connectivity index (χ0n) is 15.2. The van der Waals surface area contributed by atoms with Gasteiger partial charge in [-0.3, -0.25) is 4.98 Å². The normalized spacial score (nSPS) is 18.0. The molecular weight excluding hydrogens is 382 g/mol. The molecule has 1 saturated heterocycles. The number of benzene rings is 1. The van der Waals surface area contributed by atoms with E-state index in [4.69, 9.17) is 17.0 Å². The average molecular weight is 406 g/mol. The minimum Gasteiger partial charge on any atom is -0.494 e. The van der Waals surface area contributed by atoms with Crippen LogP contribution >= 0.6 is 12.2 Å². The first kappa shape index (κ1) is 19.6. The van der Waals surface area contributed by atoms with Gasteiger partial charge in [0.1, 0.15) is 5.75 Å². The van der Waals surface area contributed by atoms with Crippen LogP contribution in [0, 0.1) is 0 Å². The number of pyridine rings is 1. The molecule has 8 heteroatoms. The predicted octanol–water partition coefficient (Wildman–Crippen LogP) is 2.87. The highest BCUT2D eigenvalue weighted by Gasteiger charge is 2.33. The van der Waals surface area contributed by atoms with Crippen LogP contribution in [0.5, 0.6) is 5.75 Å². The van der Waals surface area contributed by atoms with E-state index in [1.165, 1.54) is 0 Å². The topological polar surface area (TPSA) is 71.5 Å². The molecule has 1 aromatic carbocycles. The van der Waals surface area contributed by atoms with Gasteiger partial charge in [0, 0.05) is 30.7 Å². The Kier molecular flexibility index (Phi) is 6.28. The smallest absolute Gasteiger partial charge is 0.174 e. The molecule has 144 valence electrons.